The van der Waals surface area contributed by atoms with Gasteiger partial charge in [-0.2, -0.15) is 0 Å². The van der Waals surface area contributed by atoms with Gasteiger partial charge in [-0.1, -0.05) is 19.4 Å². The highest BCUT2D eigenvalue weighted by Gasteiger charge is 1.97. The number of nitrogens with zero attached hydrogens (tertiary/aromatic N) is 1. The van der Waals surface area contributed by atoms with E-state index in [9.17, 15) is 0 Å². The van der Waals surface area contributed by atoms with Crippen LogP contribution in [0, 0.1) is 0 Å². The highest BCUT2D eigenvalue weighted by Crippen LogP contribution is 2.16. The van der Waals surface area contributed by atoms with Gasteiger partial charge in [-0.3, -0.25) is 4.99 Å². The number of benzene rings is 1. The first-order chi connectivity index (χ1) is 9.76. The van der Waals surface area contributed by atoms with E-state index >= 15 is 0 Å². The number of methoxy groups -OCH3 is 1. The third-order valence-electron chi connectivity index (χ3n) is 2.71. The Hall–Kier alpha value is -1.02. The third kappa shape index (κ3) is 9.52. The molecule has 0 atom stereocenters. The van der Waals surface area contributed by atoms with E-state index in [0.29, 0.717) is 12.5 Å². The molecule has 6 heteroatoms. The summed E-state index contributed by atoms with van der Waals surface area (Å²) < 4.78 is 10.6. The summed E-state index contributed by atoms with van der Waals surface area (Å²) in [6.07, 6.45) is 3.16. The van der Waals surface area contributed by atoms with Crippen LogP contribution in [0.5, 0.6) is 5.75 Å². The van der Waals surface area contributed by atoms with Gasteiger partial charge in [-0.05, 0) is 25.0 Å². The first-order valence-electron chi connectivity index (χ1n) is 7.05. The van der Waals surface area contributed by atoms with Gasteiger partial charge in [0.1, 0.15) is 5.75 Å². The second-order valence-corrected chi connectivity index (χ2v) is 4.44. The molecule has 1 aromatic rings. The fourth-order valence-corrected chi connectivity index (χ4v) is 1.60. The number of unbranched alkanes of at least 4 members (excludes halogenated alkanes) is 1. The predicted molar refractivity (Wildman–Crippen MR) is 98.9 cm³/mol. The molecule has 0 amide bonds. The van der Waals surface area contributed by atoms with Crippen LogP contribution < -0.4 is 15.8 Å². The number of nitrogens with one attached hydrogen (secondary N) is 1. The lowest BCUT2D eigenvalue weighted by Gasteiger charge is -2.07. The monoisotopic (exact) mass is 407 g/mol. The lowest BCUT2D eigenvalue weighted by molar-refractivity contribution is 0.130. The zero-order chi connectivity index (χ0) is 14.6. The second-order valence-electron chi connectivity index (χ2n) is 4.44. The van der Waals surface area contributed by atoms with Crippen LogP contribution in [-0.4, -0.2) is 32.8 Å². The Morgan fingerprint density at radius 2 is 2.05 bits per heavy atom. The van der Waals surface area contributed by atoms with Crippen LogP contribution in [0.4, 0.5) is 5.69 Å². The molecule has 0 aliphatic carbocycles. The minimum absolute atomic E-state index is 0. The predicted octanol–water partition coefficient (Wildman–Crippen LogP) is 3.25. The maximum absolute atomic E-state index is 5.82. The molecule has 0 heterocycles. The number of aliphatic imine (C=N–C) groups is 1. The van der Waals surface area contributed by atoms with Crippen molar-refractivity contribution in [2.24, 2.45) is 10.7 Å². The van der Waals surface area contributed by atoms with E-state index in [-0.39, 0.29) is 24.0 Å². The van der Waals surface area contributed by atoms with Crippen molar-refractivity contribution in [3.63, 3.8) is 0 Å². The standard InChI is InChI=1S/C15H25N3O2.HI/c1-3-4-10-20-11-6-9-17-15(16)18-13-7-5-8-14(12-13)19-2;/h5,7-8,12H,3-4,6,9-11H2,1-2H3,(H3,16,17,18);1H. The molecule has 0 radical (unpaired) electrons. The van der Waals surface area contributed by atoms with Crippen molar-refractivity contribution in [2.45, 2.75) is 26.2 Å². The molecule has 5 nitrogen and oxygen atoms in total. The smallest absolute Gasteiger partial charge is 0.193 e. The molecule has 0 spiro atoms. The van der Waals surface area contributed by atoms with E-state index in [2.05, 4.69) is 17.2 Å². The molecule has 0 aliphatic heterocycles. The molecule has 0 unspecified atom stereocenters. The highest BCUT2D eigenvalue weighted by molar-refractivity contribution is 14.0. The van der Waals surface area contributed by atoms with E-state index in [1.165, 1.54) is 0 Å². The first-order valence-corrected chi connectivity index (χ1v) is 7.05. The van der Waals surface area contributed by atoms with Crippen molar-refractivity contribution in [3.8, 4) is 5.75 Å². The minimum atomic E-state index is 0. The van der Waals surface area contributed by atoms with Gasteiger partial charge in [-0.25, -0.2) is 0 Å². The maximum atomic E-state index is 5.82. The molecule has 0 aromatic heterocycles. The lowest BCUT2D eigenvalue weighted by Crippen LogP contribution is -2.23. The Balaban J connectivity index is 0.00000400. The quantitative estimate of drug-likeness (QED) is 0.286. The van der Waals surface area contributed by atoms with Crippen molar-refractivity contribution in [2.75, 3.05) is 32.2 Å². The van der Waals surface area contributed by atoms with E-state index in [1.807, 2.05) is 24.3 Å². The molecule has 120 valence electrons. The number of ether oxygens (including phenoxy) is 2. The first kappa shape index (κ1) is 20.0. The van der Waals surface area contributed by atoms with Gasteiger partial charge in [0.25, 0.3) is 0 Å². The van der Waals surface area contributed by atoms with Gasteiger partial charge in [0.15, 0.2) is 5.96 Å². The zero-order valence-electron chi connectivity index (χ0n) is 12.8. The molecule has 0 aliphatic rings. The van der Waals surface area contributed by atoms with Gasteiger partial charge in [0, 0.05) is 31.5 Å². The topological polar surface area (TPSA) is 68.9 Å². The van der Waals surface area contributed by atoms with Crippen LogP contribution >= 0.6 is 24.0 Å². The van der Waals surface area contributed by atoms with Crippen molar-refractivity contribution >= 4 is 35.6 Å². The normalized spacial score (nSPS) is 10.9. The third-order valence-corrected chi connectivity index (χ3v) is 2.71. The van der Waals surface area contributed by atoms with Gasteiger partial charge >= 0.3 is 0 Å². The van der Waals surface area contributed by atoms with Gasteiger partial charge in [0.2, 0.25) is 0 Å². The van der Waals surface area contributed by atoms with Gasteiger partial charge in [0.05, 0.1) is 7.11 Å². The minimum Gasteiger partial charge on any atom is -0.497 e. The van der Waals surface area contributed by atoms with Crippen LogP contribution in [0.2, 0.25) is 0 Å². The summed E-state index contributed by atoms with van der Waals surface area (Å²) in [6.45, 7) is 4.38. The molecule has 21 heavy (non-hydrogen) atoms. The molecule has 1 rings (SSSR count). The number of anilines is 1. The molecular formula is C15H26IN3O2. The Morgan fingerprint density at radius 1 is 1.29 bits per heavy atom. The summed E-state index contributed by atoms with van der Waals surface area (Å²) in [6, 6.07) is 7.57. The Bertz CT molecular complexity index is 414. The summed E-state index contributed by atoms with van der Waals surface area (Å²) in [5, 5.41) is 3.03. The number of guanidine groups is 1. The molecule has 0 saturated carbocycles. The Labute approximate surface area is 144 Å². The summed E-state index contributed by atoms with van der Waals surface area (Å²) >= 11 is 0. The number of halogens is 1. The summed E-state index contributed by atoms with van der Waals surface area (Å²) in [5.41, 5.74) is 6.68. The Kier molecular flexibility index (Phi) is 12.1. The molecule has 0 fully saturated rings. The number of hydrogen-bond donors (Lipinski definition) is 2. The average Bonchev–Trinajstić information content (AvgIpc) is 2.46. The van der Waals surface area contributed by atoms with Crippen LogP contribution in [0.15, 0.2) is 29.3 Å². The molecule has 0 bridgehead atoms. The van der Waals surface area contributed by atoms with Crippen molar-refractivity contribution in [3.05, 3.63) is 24.3 Å². The van der Waals surface area contributed by atoms with Gasteiger partial charge < -0.3 is 20.5 Å². The fourth-order valence-electron chi connectivity index (χ4n) is 1.60. The van der Waals surface area contributed by atoms with Crippen molar-refractivity contribution in [1.29, 1.82) is 0 Å². The lowest BCUT2D eigenvalue weighted by atomic mass is 10.3. The molecule has 0 saturated heterocycles. The number of nitrogens with two attached hydrogens (primary N) is 1. The average molecular weight is 407 g/mol. The SMILES string of the molecule is CCCCOCCCN=C(N)Nc1cccc(OC)c1.I. The molecular weight excluding hydrogens is 381 g/mol. The Morgan fingerprint density at radius 3 is 2.76 bits per heavy atom. The fraction of sp³-hybridized carbons (Fsp3) is 0.533. The van der Waals surface area contributed by atoms with Crippen molar-refractivity contribution < 1.29 is 9.47 Å². The van der Waals surface area contributed by atoms with E-state index < -0.39 is 0 Å². The second kappa shape index (κ2) is 12.7. The van der Waals surface area contributed by atoms with Crippen LogP contribution in [0.3, 0.4) is 0 Å². The largest absolute Gasteiger partial charge is 0.497 e. The summed E-state index contributed by atoms with van der Waals surface area (Å²) in [5.74, 6) is 1.19. The van der Waals surface area contributed by atoms with Crippen molar-refractivity contribution in [1.82, 2.24) is 0 Å². The van der Waals surface area contributed by atoms with E-state index in [0.717, 1.165) is 43.9 Å². The summed E-state index contributed by atoms with van der Waals surface area (Å²) in [4.78, 5) is 4.26. The maximum Gasteiger partial charge on any atom is 0.193 e. The summed E-state index contributed by atoms with van der Waals surface area (Å²) in [7, 11) is 1.63. The highest BCUT2D eigenvalue weighted by atomic mass is 127. The number of hydrogen-bond acceptors (Lipinski definition) is 3. The van der Waals surface area contributed by atoms with E-state index in [1.54, 1.807) is 7.11 Å². The van der Waals surface area contributed by atoms with Crippen LogP contribution in [-0.2, 0) is 4.74 Å². The van der Waals surface area contributed by atoms with Gasteiger partial charge in [-0.15, -0.1) is 24.0 Å². The van der Waals surface area contributed by atoms with E-state index in [4.69, 9.17) is 15.2 Å². The van der Waals surface area contributed by atoms with Crippen LogP contribution in [0.1, 0.15) is 26.2 Å². The molecule has 3 N–H and O–H groups in total. The zero-order valence-corrected chi connectivity index (χ0v) is 15.1. The number of rotatable bonds is 9. The molecule has 1 aromatic carbocycles. The van der Waals surface area contributed by atoms with Crippen LogP contribution in [0.25, 0.3) is 0 Å².